The van der Waals surface area contributed by atoms with Crippen molar-refractivity contribution in [1.82, 2.24) is 9.88 Å². The number of urea groups is 1. The van der Waals surface area contributed by atoms with Crippen LogP contribution in [0.5, 0.6) is 0 Å². The van der Waals surface area contributed by atoms with Gasteiger partial charge in [0.1, 0.15) is 0 Å². The fraction of sp³-hybridized carbons (Fsp3) is 0.143. The molecule has 0 fully saturated rings. The number of carbonyl (C=O) groups is 2. The third-order valence-electron chi connectivity index (χ3n) is 3.88. The molecule has 3 amide bonds. The molecule has 6 heteroatoms. The van der Waals surface area contributed by atoms with Crippen molar-refractivity contribution in [2.24, 2.45) is 0 Å². The number of hydrogen-bond acceptors (Lipinski definition) is 2. The van der Waals surface area contributed by atoms with E-state index in [0.717, 1.165) is 5.69 Å². The Bertz CT molecular complexity index is 916. The highest BCUT2D eigenvalue weighted by Crippen LogP contribution is 2.22. The van der Waals surface area contributed by atoms with Gasteiger partial charge in [0.15, 0.2) is 0 Å². The average Bonchev–Trinajstić information content (AvgIpc) is 3.17. The Morgan fingerprint density at radius 2 is 1.41 bits per heavy atom. The quantitative estimate of drug-likeness (QED) is 0.634. The lowest BCUT2D eigenvalue weighted by Gasteiger charge is -2.14. The second-order valence-corrected chi connectivity index (χ2v) is 6.39. The van der Waals surface area contributed by atoms with Crippen LogP contribution in [0.4, 0.5) is 16.2 Å². The first-order valence-corrected chi connectivity index (χ1v) is 8.74. The standard InChI is InChI=1S/C21H22N4O2/c1-15(2)22-21(27)24-19-8-4-3-7-18(19)23-20(26)16-9-11-17(12-10-16)25-13-5-6-14-25/h3-15H,1-2H3,(H,23,26)(H2,22,24,27). The van der Waals surface area contributed by atoms with Crippen LogP contribution < -0.4 is 16.0 Å². The first-order chi connectivity index (χ1) is 13.0. The van der Waals surface area contributed by atoms with Crippen molar-refractivity contribution in [3.8, 4) is 5.69 Å². The third kappa shape index (κ3) is 4.76. The van der Waals surface area contributed by atoms with E-state index in [1.807, 2.05) is 55.1 Å². The molecule has 3 N–H and O–H groups in total. The van der Waals surface area contributed by atoms with Crippen LogP contribution in [-0.4, -0.2) is 22.5 Å². The molecule has 0 radical (unpaired) electrons. The van der Waals surface area contributed by atoms with Gasteiger partial charge in [-0.05, 0) is 62.4 Å². The molecule has 3 rings (SSSR count). The Morgan fingerprint density at radius 3 is 2.00 bits per heavy atom. The maximum Gasteiger partial charge on any atom is 0.319 e. The second-order valence-electron chi connectivity index (χ2n) is 6.39. The zero-order chi connectivity index (χ0) is 19.2. The molecular weight excluding hydrogens is 340 g/mol. The van der Waals surface area contributed by atoms with Crippen molar-refractivity contribution < 1.29 is 9.59 Å². The predicted octanol–water partition coefficient (Wildman–Crippen LogP) is 4.26. The van der Waals surface area contributed by atoms with Gasteiger partial charge in [0.05, 0.1) is 11.4 Å². The van der Waals surface area contributed by atoms with Crippen molar-refractivity contribution in [2.75, 3.05) is 10.6 Å². The second kappa shape index (κ2) is 8.23. The molecule has 138 valence electrons. The predicted molar refractivity (Wildman–Crippen MR) is 107 cm³/mol. The van der Waals surface area contributed by atoms with E-state index in [-0.39, 0.29) is 18.0 Å². The fourth-order valence-corrected chi connectivity index (χ4v) is 2.61. The molecule has 0 bridgehead atoms. The first-order valence-electron chi connectivity index (χ1n) is 8.74. The summed E-state index contributed by atoms with van der Waals surface area (Å²) < 4.78 is 1.97. The summed E-state index contributed by atoms with van der Waals surface area (Å²) >= 11 is 0. The van der Waals surface area contributed by atoms with Gasteiger partial charge < -0.3 is 20.5 Å². The van der Waals surface area contributed by atoms with E-state index in [1.165, 1.54) is 0 Å². The van der Waals surface area contributed by atoms with Gasteiger partial charge in [-0.1, -0.05) is 12.1 Å². The van der Waals surface area contributed by atoms with Crippen molar-refractivity contribution in [3.05, 3.63) is 78.6 Å². The Kier molecular flexibility index (Phi) is 5.56. The van der Waals surface area contributed by atoms with Gasteiger partial charge in [0.2, 0.25) is 0 Å². The Labute approximate surface area is 158 Å². The van der Waals surface area contributed by atoms with Crippen molar-refractivity contribution in [2.45, 2.75) is 19.9 Å². The van der Waals surface area contributed by atoms with Gasteiger partial charge in [0, 0.05) is 29.7 Å². The largest absolute Gasteiger partial charge is 0.336 e. The maximum atomic E-state index is 12.6. The fourth-order valence-electron chi connectivity index (χ4n) is 2.61. The number of rotatable bonds is 5. The summed E-state index contributed by atoms with van der Waals surface area (Å²) in [5, 5.41) is 8.37. The average molecular weight is 362 g/mol. The van der Waals surface area contributed by atoms with Gasteiger partial charge in [0.25, 0.3) is 5.91 Å². The first kappa shape index (κ1) is 18.3. The lowest BCUT2D eigenvalue weighted by atomic mass is 10.1. The van der Waals surface area contributed by atoms with E-state index >= 15 is 0 Å². The molecule has 1 aromatic heterocycles. The van der Waals surface area contributed by atoms with Gasteiger partial charge >= 0.3 is 6.03 Å². The van der Waals surface area contributed by atoms with Gasteiger partial charge in [-0.25, -0.2) is 4.79 Å². The monoisotopic (exact) mass is 362 g/mol. The van der Waals surface area contributed by atoms with Crippen molar-refractivity contribution in [3.63, 3.8) is 0 Å². The lowest BCUT2D eigenvalue weighted by Crippen LogP contribution is -2.34. The molecule has 2 aromatic carbocycles. The Balaban J connectivity index is 1.71. The molecule has 3 aromatic rings. The third-order valence-corrected chi connectivity index (χ3v) is 3.88. The SMILES string of the molecule is CC(C)NC(=O)Nc1ccccc1NC(=O)c1ccc(-n2cccc2)cc1. The number of carbonyl (C=O) groups excluding carboxylic acids is 2. The normalized spacial score (nSPS) is 10.5. The molecule has 0 unspecified atom stereocenters. The molecule has 0 saturated heterocycles. The summed E-state index contributed by atoms with van der Waals surface area (Å²) in [7, 11) is 0. The van der Waals surface area contributed by atoms with Crippen molar-refractivity contribution >= 4 is 23.3 Å². The number of nitrogens with zero attached hydrogens (tertiary/aromatic N) is 1. The number of anilines is 2. The lowest BCUT2D eigenvalue weighted by molar-refractivity contribution is 0.102. The molecule has 0 spiro atoms. The summed E-state index contributed by atoms with van der Waals surface area (Å²) in [6.07, 6.45) is 3.89. The summed E-state index contributed by atoms with van der Waals surface area (Å²) in [5.41, 5.74) is 2.58. The van der Waals surface area contributed by atoms with E-state index in [2.05, 4.69) is 16.0 Å². The Hall–Kier alpha value is -3.54. The van der Waals surface area contributed by atoms with Crippen LogP contribution in [0.15, 0.2) is 73.1 Å². The molecule has 27 heavy (non-hydrogen) atoms. The van der Waals surface area contributed by atoms with Gasteiger partial charge in [-0.15, -0.1) is 0 Å². The van der Waals surface area contributed by atoms with Gasteiger partial charge in [-0.2, -0.15) is 0 Å². The van der Waals surface area contributed by atoms with E-state index in [1.54, 1.807) is 36.4 Å². The molecule has 0 saturated carbocycles. The van der Waals surface area contributed by atoms with E-state index in [9.17, 15) is 9.59 Å². The van der Waals surface area contributed by atoms with Crippen LogP contribution in [0.2, 0.25) is 0 Å². The summed E-state index contributed by atoms with van der Waals surface area (Å²) in [6, 6.07) is 18.0. The highest BCUT2D eigenvalue weighted by molar-refractivity contribution is 6.07. The molecule has 0 atom stereocenters. The number of hydrogen-bond donors (Lipinski definition) is 3. The van der Waals surface area contributed by atoms with Crippen LogP contribution in [-0.2, 0) is 0 Å². The minimum Gasteiger partial charge on any atom is -0.336 e. The molecule has 1 heterocycles. The number of amides is 3. The minimum absolute atomic E-state index is 0.0190. The zero-order valence-corrected chi connectivity index (χ0v) is 15.3. The van der Waals surface area contributed by atoms with Crippen LogP contribution in [0.1, 0.15) is 24.2 Å². The number of para-hydroxylation sites is 2. The van der Waals surface area contributed by atoms with Gasteiger partial charge in [-0.3, -0.25) is 4.79 Å². The molecular formula is C21H22N4O2. The number of aromatic nitrogens is 1. The van der Waals surface area contributed by atoms with Crippen LogP contribution in [0.3, 0.4) is 0 Å². The molecule has 6 nitrogen and oxygen atoms in total. The highest BCUT2D eigenvalue weighted by Gasteiger charge is 2.11. The summed E-state index contributed by atoms with van der Waals surface area (Å²) in [5.74, 6) is -0.243. The smallest absolute Gasteiger partial charge is 0.319 e. The van der Waals surface area contributed by atoms with Crippen LogP contribution in [0, 0.1) is 0 Å². The molecule has 0 aliphatic carbocycles. The minimum atomic E-state index is -0.317. The summed E-state index contributed by atoms with van der Waals surface area (Å²) in [4.78, 5) is 24.5. The zero-order valence-electron chi connectivity index (χ0n) is 15.3. The summed E-state index contributed by atoms with van der Waals surface area (Å²) in [6.45, 7) is 3.76. The van der Waals surface area contributed by atoms with E-state index in [0.29, 0.717) is 16.9 Å². The molecule has 0 aliphatic rings. The number of benzene rings is 2. The van der Waals surface area contributed by atoms with E-state index in [4.69, 9.17) is 0 Å². The van der Waals surface area contributed by atoms with Crippen LogP contribution >= 0.6 is 0 Å². The van der Waals surface area contributed by atoms with Crippen LogP contribution in [0.25, 0.3) is 5.69 Å². The molecule has 0 aliphatic heterocycles. The van der Waals surface area contributed by atoms with Crippen molar-refractivity contribution in [1.29, 1.82) is 0 Å². The Morgan fingerprint density at radius 1 is 0.815 bits per heavy atom. The highest BCUT2D eigenvalue weighted by atomic mass is 16.2. The topological polar surface area (TPSA) is 75.2 Å². The maximum absolute atomic E-state index is 12.6. The number of nitrogens with one attached hydrogen (secondary N) is 3. The van der Waals surface area contributed by atoms with E-state index < -0.39 is 0 Å².